The highest BCUT2D eigenvalue weighted by atomic mass is 32.2. The van der Waals surface area contributed by atoms with Crippen molar-refractivity contribution in [3.05, 3.63) is 0 Å². The fourth-order valence-electron chi connectivity index (χ4n) is 1.10. The maximum atomic E-state index is 12.3. The quantitative estimate of drug-likeness (QED) is 0.709. The van der Waals surface area contributed by atoms with E-state index in [1.54, 1.807) is 0 Å². The van der Waals surface area contributed by atoms with Crippen molar-refractivity contribution < 1.29 is 32.2 Å². The van der Waals surface area contributed by atoms with Crippen molar-refractivity contribution in [2.24, 2.45) is 5.92 Å². The van der Waals surface area contributed by atoms with Crippen LogP contribution in [-0.4, -0.2) is 35.9 Å². The summed E-state index contributed by atoms with van der Waals surface area (Å²) in [6, 6.07) is 0. The van der Waals surface area contributed by atoms with E-state index < -0.39 is 35.2 Å². The van der Waals surface area contributed by atoms with E-state index in [4.69, 9.17) is 0 Å². The van der Waals surface area contributed by atoms with Gasteiger partial charge in [-0.1, -0.05) is 0 Å². The molecular weight excluding hydrogens is 249 g/mol. The average Bonchev–Trinajstić information content (AvgIpc) is 2.47. The Morgan fingerprint density at radius 2 is 2.19 bits per heavy atom. The largest absolute Gasteiger partial charge is 0.509 e. The van der Waals surface area contributed by atoms with E-state index in [9.17, 15) is 22.8 Å². The van der Waals surface area contributed by atoms with Gasteiger partial charge in [-0.25, -0.2) is 4.79 Å². The third-order valence-corrected chi connectivity index (χ3v) is 3.01. The number of ketones is 1. The molecule has 4 nitrogen and oxygen atoms in total. The third kappa shape index (κ3) is 3.03. The molecule has 0 N–H and O–H groups in total. The van der Waals surface area contributed by atoms with Crippen LogP contribution in [0.25, 0.3) is 0 Å². The van der Waals surface area contributed by atoms with Crippen molar-refractivity contribution in [3.8, 4) is 0 Å². The summed E-state index contributed by atoms with van der Waals surface area (Å²) in [4.78, 5) is 22.0. The number of carbonyl (C=O) groups is 2. The Morgan fingerprint density at radius 1 is 1.56 bits per heavy atom. The van der Waals surface area contributed by atoms with Gasteiger partial charge in [-0.15, -0.1) is 11.8 Å². The van der Waals surface area contributed by atoms with E-state index in [1.807, 2.05) is 0 Å². The minimum atomic E-state index is -4.59. The maximum absolute atomic E-state index is 12.3. The van der Waals surface area contributed by atoms with Gasteiger partial charge in [0.05, 0.1) is 6.61 Å². The zero-order chi connectivity index (χ0) is 12.3. The second-order valence-electron chi connectivity index (χ2n) is 2.96. The molecule has 0 spiro atoms. The number of carbonyl (C=O) groups excluding carboxylic acids is 2. The number of alkyl halides is 3. The molecule has 0 radical (unpaired) electrons. The van der Waals surface area contributed by atoms with Crippen LogP contribution < -0.4 is 0 Å². The molecular formula is C8H9F3O4S. The smallest absolute Gasteiger partial charge is 0.435 e. The number of Topliss-reactive ketones (excluding diaryl/α,β-unsaturated/α-hetero) is 1. The van der Waals surface area contributed by atoms with Crippen LogP contribution in [0.15, 0.2) is 0 Å². The van der Waals surface area contributed by atoms with Crippen molar-refractivity contribution in [1.82, 2.24) is 0 Å². The summed E-state index contributed by atoms with van der Waals surface area (Å²) >= 11 is 0.647. The Morgan fingerprint density at radius 3 is 2.62 bits per heavy atom. The topological polar surface area (TPSA) is 52.6 Å². The fourth-order valence-corrected chi connectivity index (χ4v) is 2.29. The highest BCUT2D eigenvalue weighted by Crippen LogP contribution is 2.39. The second kappa shape index (κ2) is 4.94. The predicted octanol–water partition coefficient (Wildman–Crippen LogP) is 1.98. The lowest BCUT2D eigenvalue weighted by Crippen LogP contribution is -2.33. The molecule has 1 rings (SSSR count). The van der Waals surface area contributed by atoms with Crippen molar-refractivity contribution in [1.29, 1.82) is 0 Å². The molecule has 0 amide bonds. The van der Waals surface area contributed by atoms with Gasteiger partial charge in [0, 0.05) is 5.75 Å². The van der Waals surface area contributed by atoms with E-state index in [0.29, 0.717) is 11.8 Å². The lowest BCUT2D eigenvalue weighted by Gasteiger charge is -2.12. The number of hydrogen-bond donors (Lipinski definition) is 0. The van der Waals surface area contributed by atoms with E-state index in [2.05, 4.69) is 9.47 Å². The van der Waals surface area contributed by atoms with Crippen LogP contribution in [-0.2, 0) is 14.3 Å². The van der Waals surface area contributed by atoms with Gasteiger partial charge in [-0.2, -0.15) is 13.2 Å². The second-order valence-corrected chi connectivity index (χ2v) is 4.06. The monoisotopic (exact) mass is 258 g/mol. The van der Waals surface area contributed by atoms with Gasteiger partial charge in [0.1, 0.15) is 5.92 Å². The first-order valence-electron chi connectivity index (χ1n) is 4.41. The van der Waals surface area contributed by atoms with E-state index in [-0.39, 0.29) is 6.61 Å². The molecule has 92 valence electrons. The Kier molecular flexibility index (Phi) is 4.06. The van der Waals surface area contributed by atoms with Crippen LogP contribution in [0.3, 0.4) is 0 Å². The Balaban J connectivity index is 2.55. The Labute approximate surface area is 93.5 Å². The number of rotatable bonds is 2. The normalized spacial score (nSPS) is 25.6. The lowest BCUT2D eigenvalue weighted by molar-refractivity contribution is -0.177. The molecule has 1 aliphatic rings. The predicted molar refractivity (Wildman–Crippen MR) is 48.9 cm³/mol. The van der Waals surface area contributed by atoms with Crippen LogP contribution >= 0.6 is 11.8 Å². The molecule has 0 aromatic heterocycles. The van der Waals surface area contributed by atoms with E-state index in [0.717, 1.165) is 0 Å². The van der Waals surface area contributed by atoms with Gasteiger partial charge in [0.15, 0.2) is 5.78 Å². The number of thioether (sulfide) groups is 1. The molecule has 1 fully saturated rings. The first kappa shape index (κ1) is 13.1. The van der Waals surface area contributed by atoms with Gasteiger partial charge in [-0.05, 0) is 6.92 Å². The SMILES string of the molecule is CCOC(=O)OC1SCC(C(F)(F)F)C1=O. The van der Waals surface area contributed by atoms with Crippen LogP contribution in [0.2, 0.25) is 0 Å². The van der Waals surface area contributed by atoms with Crippen molar-refractivity contribution in [3.63, 3.8) is 0 Å². The van der Waals surface area contributed by atoms with Crippen molar-refractivity contribution >= 4 is 23.7 Å². The minimum Gasteiger partial charge on any atom is -0.435 e. The summed E-state index contributed by atoms with van der Waals surface area (Å²) in [7, 11) is 0. The molecule has 8 heteroatoms. The lowest BCUT2D eigenvalue weighted by atomic mass is 10.1. The number of ether oxygens (including phenoxy) is 2. The number of hydrogen-bond acceptors (Lipinski definition) is 5. The highest BCUT2D eigenvalue weighted by Gasteiger charge is 2.52. The highest BCUT2D eigenvalue weighted by molar-refractivity contribution is 8.01. The van der Waals surface area contributed by atoms with Gasteiger partial charge in [0.2, 0.25) is 5.44 Å². The van der Waals surface area contributed by atoms with Gasteiger partial charge >= 0.3 is 12.3 Å². The molecule has 0 bridgehead atoms. The molecule has 1 heterocycles. The number of halogens is 3. The summed E-state index contributed by atoms with van der Waals surface area (Å²) < 4.78 is 45.6. The molecule has 0 saturated carbocycles. The van der Waals surface area contributed by atoms with Crippen LogP contribution in [0, 0.1) is 5.92 Å². The summed E-state index contributed by atoms with van der Waals surface area (Å²) in [6.07, 6.45) is -5.71. The van der Waals surface area contributed by atoms with Crippen molar-refractivity contribution in [2.75, 3.05) is 12.4 Å². The summed E-state index contributed by atoms with van der Waals surface area (Å²) in [5.41, 5.74) is -1.41. The van der Waals surface area contributed by atoms with Crippen LogP contribution in [0.1, 0.15) is 6.92 Å². The molecule has 2 unspecified atom stereocenters. The Hall–Kier alpha value is -0.920. The summed E-state index contributed by atoms with van der Waals surface area (Å²) in [5.74, 6) is -3.62. The van der Waals surface area contributed by atoms with Gasteiger partial charge in [0.25, 0.3) is 0 Å². The fraction of sp³-hybridized carbons (Fsp3) is 0.750. The summed E-state index contributed by atoms with van der Waals surface area (Å²) in [6.45, 7) is 1.55. The van der Waals surface area contributed by atoms with Gasteiger partial charge < -0.3 is 9.47 Å². The first-order valence-corrected chi connectivity index (χ1v) is 5.46. The van der Waals surface area contributed by atoms with Crippen molar-refractivity contribution in [2.45, 2.75) is 18.5 Å². The average molecular weight is 258 g/mol. The zero-order valence-electron chi connectivity index (χ0n) is 8.24. The standard InChI is InChI=1S/C8H9F3O4S/c1-2-14-7(13)15-6-5(12)4(3-16-6)8(9,10)11/h4,6H,2-3H2,1H3. The van der Waals surface area contributed by atoms with Gasteiger partial charge in [-0.3, -0.25) is 4.79 Å². The molecule has 0 aromatic carbocycles. The summed E-state index contributed by atoms with van der Waals surface area (Å²) in [5, 5.41) is 0. The molecule has 1 aliphatic heterocycles. The maximum Gasteiger partial charge on any atom is 0.509 e. The Bertz CT molecular complexity index is 291. The zero-order valence-corrected chi connectivity index (χ0v) is 9.06. The van der Waals surface area contributed by atoms with E-state index in [1.165, 1.54) is 6.92 Å². The molecule has 1 saturated heterocycles. The minimum absolute atomic E-state index is 0.0348. The van der Waals surface area contributed by atoms with Crippen LogP contribution in [0.4, 0.5) is 18.0 Å². The molecule has 0 aromatic rings. The molecule has 2 atom stereocenters. The van der Waals surface area contributed by atoms with Crippen LogP contribution in [0.5, 0.6) is 0 Å². The third-order valence-electron chi connectivity index (χ3n) is 1.85. The molecule has 0 aliphatic carbocycles. The molecule has 16 heavy (non-hydrogen) atoms. The first-order chi connectivity index (χ1) is 7.36. The van der Waals surface area contributed by atoms with E-state index >= 15 is 0 Å².